The highest BCUT2D eigenvalue weighted by Crippen LogP contribution is 2.42. The molecule has 164 valence electrons. The molecule has 1 atom stereocenters. The first-order valence-electron chi connectivity index (χ1n) is 10.4. The molecule has 1 N–H and O–H groups in total. The number of nitrogens with zero attached hydrogens (tertiary/aromatic N) is 1. The molecule has 1 aliphatic rings. The Morgan fingerprint density at radius 3 is 2.71 bits per heavy atom. The highest BCUT2D eigenvalue weighted by Gasteiger charge is 2.36. The van der Waals surface area contributed by atoms with E-state index in [4.69, 9.17) is 18.9 Å². The van der Waals surface area contributed by atoms with Gasteiger partial charge in [0.1, 0.15) is 24.1 Å². The summed E-state index contributed by atoms with van der Waals surface area (Å²) in [6, 6.07) is 13.6. The summed E-state index contributed by atoms with van der Waals surface area (Å²) >= 11 is 0. The van der Waals surface area contributed by atoms with E-state index in [1.165, 1.54) is 5.56 Å². The average molecular weight is 424 g/mol. The summed E-state index contributed by atoms with van der Waals surface area (Å²) < 4.78 is 21.6. The molecule has 7 heteroatoms. The van der Waals surface area contributed by atoms with Crippen LogP contribution >= 0.6 is 0 Å². The Kier molecular flexibility index (Phi) is 6.44. The monoisotopic (exact) mass is 424 g/mol. The van der Waals surface area contributed by atoms with Crippen LogP contribution < -0.4 is 9.47 Å². The molecular formula is C24H28N2O5. The molecule has 3 aromatic rings. The second-order valence-electron chi connectivity index (χ2n) is 7.46. The number of carbonyl (C=O) groups excluding carboxylic acids is 1. The number of benzene rings is 2. The van der Waals surface area contributed by atoms with Crippen LogP contribution in [0.2, 0.25) is 0 Å². The number of fused-ring (bicyclic) bond motifs is 3. The predicted molar refractivity (Wildman–Crippen MR) is 118 cm³/mol. The van der Waals surface area contributed by atoms with Gasteiger partial charge < -0.3 is 28.8 Å². The average Bonchev–Trinajstić information content (AvgIpc) is 3.18. The van der Waals surface area contributed by atoms with E-state index in [0.29, 0.717) is 19.8 Å². The molecule has 0 spiro atoms. The van der Waals surface area contributed by atoms with Crippen LogP contribution in [0.15, 0.2) is 42.5 Å². The lowest BCUT2D eigenvalue weighted by Crippen LogP contribution is -2.42. The maximum absolute atomic E-state index is 13.2. The zero-order chi connectivity index (χ0) is 21.8. The van der Waals surface area contributed by atoms with Crippen LogP contribution in [-0.4, -0.2) is 63.5 Å². The lowest BCUT2D eigenvalue weighted by Gasteiger charge is -2.36. The summed E-state index contributed by atoms with van der Waals surface area (Å²) in [6.45, 7) is 1.44. The third-order valence-corrected chi connectivity index (χ3v) is 5.75. The van der Waals surface area contributed by atoms with E-state index in [9.17, 15) is 4.79 Å². The van der Waals surface area contributed by atoms with E-state index in [1.807, 2.05) is 41.3 Å². The van der Waals surface area contributed by atoms with Crippen molar-refractivity contribution in [1.29, 1.82) is 0 Å². The van der Waals surface area contributed by atoms with Gasteiger partial charge in [0, 0.05) is 35.8 Å². The first kappa shape index (κ1) is 21.2. The fourth-order valence-electron chi connectivity index (χ4n) is 4.26. The van der Waals surface area contributed by atoms with Gasteiger partial charge in [-0.1, -0.05) is 18.2 Å². The number of ether oxygens (including phenoxy) is 4. The molecule has 1 amide bonds. The van der Waals surface area contributed by atoms with Gasteiger partial charge in [0.2, 0.25) is 5.91 Å². The second-order valence-corrected chi connectivity index (χ2v) is 7.46. The van der Waals surface area contributed by atoms with Gasteiger partial charge >= 0.3 is 0 Å². The number of aromatic nitrogens is 1. The van der Waals surface area contributed by atoms with E-state index in [2.05, 4.69) is 11.1 Å². The molecule has 2 heterocycles. The number of rotatable bonds is 8. The van der Waals surface area contributed by atoms with Crippen LogP contribution in [0.1, 0.15) is 22.9 Å². The van der Waals surface area contributed by atoms with Crippen molar-refractivity contribution in [3.05, 3.63) is 59.3 Å². The lowest BCUT2D eigenvalue weighted by atomic mass is 9.91. The molecule has 1 aromatic heterocycles. The molecule has 1 aliphatic heterocycles. The Morgan fingerprint density at radius 2 is 1.94 bits per heavy atom. The lowest BCUT2D eigenvalue weighted by molar-refractivity contribution is -0.138. The van der Waals surface area contributed by atoms with Gasteiger partial charge in [0.15, 0.2) is 0 Å². The molecule has 0 aliphatic carbocycles. The molecule has 0 saturated heterocycles. The van der Waals surface area contributed by atoms with E-state index >= 15 is 0 Å². The predicted octanol–water partition coefficient (Wildman–Crippen LogP) is 3.32. The van der Waals surface area contributed by atoms with Crippen molar-refractivity contribution in [2.45, 2.75) is 12.5 Å². The Hall–Kier alpha value is -3.03. The number of nitrogens with one attached hydrogen (secondary N) is 1. The van der Waals surface area contributed by atoms with E-state index < -0.39 is 0 Å². The SMILES string of the molecule is COCCOCC(=O)N1CCc2c([nH]c3ccc(OC)cc23)C1c1ccccc1OC. The van der Waals surface area contributed by atoms with Gasteiger partial charge in [0.25, 0.3) is 0 Å². The minimum Gasteiger partial charge on any atom is -0.497 e. The summed E-state index contributed by atoms with van der Waals surface area (Å²) in [5.74, 6) is 1.50. The van der Waals surface area contributed by atoms with Crippen LogP contribution in [0.4, 0.5) is 0 Å². The maximum atomic E-state index is 13.2. The summed E-state index contributed by atoms with van der Waals surface area (Å²) in [6.07, 6.45) is 0.748. The maximum Gasteiger partial charge on any atom is 0.249 e. The Balaban J connectivity index is 1.77. The van der Waals surface area contributed by atoms with Crippen LogP contribution in [0, 0.1) is 0 Å². The second kappa shape index (κ2) is 9.41. The molecule has 0 fully saturated rings. The summed E-state index contributed by atoms with van der Waals surface area (Å²) in [7, 11) is 4.93. The quantitative estimate of drug-likeness (QED) is 0.562. The number of amides is 1. The van der Waals surface area contributed by atoms with Gasteiger partial charge in [0.05, 0.1) is 27.4 Å². The minimum atomic E-state index is -0.295. The van der Waals surface area contributed by atoms with Crippen LogP contribution in [0.3, 0.4) is 0 Å². The molecular weight excluding hydrogens is 396 g/mol. The molecule has 0 saturated carbocycles. The third-order valence-electron chi connectivity index (χ3n) is 5.75. The zero-order valence-electron chi connectivity index (χ0n) is 18.1. The third kappa shape index (κ3) is 4.11. The van der Waals surface area contributed by atoms with Gasteiger partial charge in [-0.05, 0) is 36.2 Å². The molecule has 1 unspecified atom stereocenters. The summed E-state index contributed by atoms with van der Waals surface area (Å²) in [5, 5.41) is 1.12. The van der Waals surface area contributed by atoms with Gasteiger partial charge in [-0.2, -0.15) is 0 Å². The first-order valence-corrected chi connectivity index (χ1v) is 10.4. The Bertz CT molecular complexity index is 1060. The van der Waals surface area contributed by atoms with Crippen molar-refractivity contribution >= 4 is 16.8 Å². The van der Waals surface area contributed by atoms with Crippen molar-refractivity contribution in [3.63, 3.8) is 0 Å². The van der Waals surface area contributed by atoms with Crippen LogP contribution in [0.5, 0.6) is 11.5 Å². The van der Waals surface area contributed by atoms with Gasteiger partial charge in [-0.3, -0.25) is 4.79 Å². The topological polar surface area (TPSA) is 73.0 Å². The zero-order valence-corrected chi connectivity index (χ0v) is 18.1. The summed E-state index contributed by atoms with van der Waals surface area (Å²) in [4.78, 5) is 18.6. The number of para-hydroxylation sites is 1. The number of carbonyl (C=O) groups is 1. The largest absolute Gasteiger partial charge is 0.497 e. The van der Waals surface area contributed by atoms with Crippen LogP contribution in [0.25, 0.3) is 10.9 Å². The van der Waals surface area contributed by atoms with E-state index in [1.54, 1.807) is 21.3 Å². The fourth-order valence-corrected chi connectivity index (χ4v) is 4.26. The van der Waals surface area contributed by atoms with Crippen molar-refractivity contribution in [2.75, 3.05) is 47.7 Å². The van der Waals surface area contributed by atoms with E-state index in [0.717, 1.165) is 40.1 Å². The molecule has 4 rings (SSSR count). The smallest absolute Gasteiger partial charge is 0.249 e. The van der Waals surface area contributed by atoms with Crippen LogP contribution in [-0.2, 0) is 20.7 Å². The number of methoxy groups -OCH3 is 3. The number of hydrogen-bond donors (Lipinski definition) is 1. The number of hydrogen-bond acceptors (Lipinski definition) is 5. The number of H-pyrrole nitrogens is 1. The van der Waals surface area contributed by atoms with Gasteiger partial charge in [-0.15, -0.1) is 0 Å². The minimum absolute atomic E-state index is 0.0123. The normalized spacial score (nSPS) is 15.7. The Morgan fingerprint density at radius 1 is 1.10 bits per heavy atom. The molecule has 0 bridgehead atoms. The number of aromatic amines is 1. The highest BCUT2D eigenvalue weighted by atomic mass is 16.5. The molecule has 0 radical (unpaired) electrons. The highest BCUT2D eigenvalue weighted by molar-refractivity contribution is 5.88. The molecule has 31 heavy (non-hydrogen) atoms. The Labute approximate surface area is 181 Å². The molecule has 2 aromatic carbocycles. The van der Waals surface area contributed by atoms with Crippen molar-refractivity contribution in [1.82, 2.24) is 9.88 Å². The summed E-state index contributed by atoms with van der Waals surface area (Å²) in [5.41, 5.74) is 4.17. The van der Waals surface area contributed by atoms with Crippen molar-refractivity contribution in [2.24, 2.45) is 0 Å². The van der Waals surface area contributed by atoms with Crippen molar-refractivity contribution < 1.29 is 23.7 Å². The fraction of sp³-hybridized carbons (Fsp3) is 0.375. The van der Waals surface area contributed by atoms with Gasteiger partial charge in [-0.25, -0.2) is 0 Å². The first-order chi connectivity index (χ1) is 15.2. The van der Waals surface area contributed by atoms with Crippen molar-refractivity contribution in [3.8, 4) is 11.5 Å². The van der Waals surface area contributed by atoms with E-state index in [-0.39, 0.29) is 18.6 Å². The standard InChI is InChI=1S/C24H28N2O5/c1-28-12-13-31-15-22(27)26-11-10-17-19-14-16(29-2)8-9-20(19)25-23(17)24(26)18-6-4-5-7-21(18)30-3/h4-9,14,24-25H,10-13,15H2,1-3H3. The molecule has 7 nitrogen and oxygen atoms in total.